The Bertz CT molecular complexity index is 112. The van der Waals surface area contributed by atoms with Crippen LogP contribution in [0.3, 0.4) is 0 Å². The van der Waals surface area contributed by atoms with Crippen LogP contribution >= 0.6 is 0 Å². The van der Waals surface area contributed by atoms with E-state index in [4.69, 9.17) is 4.74 Å². The Labute approximate surface area is 63.8 Å². The van der Waals surface area contributed by atoms with Crippen molar-refractivity contribution in [1.29, 1.82) is 0 Å². The van der Waals surface area contributed by atoms with Crippen LogP contribution in [0.5, 0.6) is 0 Å². The van der Waals surface area contributed by atoms with E-state index in [1.807, 2.05) is 0 Å². The van der Waals surface area contributed by atoms with E-state index in [1.165, 1.54) is 6.42 Å². The lowest BCUT2D eigenvalue weighted by atomic mass is 9.80. The fraction of sp³-hybridized carbons (Fsp3) is 1.00. The van der Waals surface area contributed by atoms with Crippen LogP contribution in [0.1, 0.15) is 34.1 Å². The summed E-state index contributed by atoms with van der Waals surface area (Å²) in [7, 11) is 0. The van der Waals surface area contributed by atoms with E-state index >= 15 is 0 Å². The van der Waals surface area contributed by atoms with Gasteiger partial charge in [0.1, 0.15) is 0 Å². The first kappa shape index (κ1) is 8.06. The molecule has 1 heterocycles. The van der Waals surface area contributed by atoms with Gasteiger partial charge in [0.05, 0.1) is 12.7 Å². The highest BCUT2D eigenvalue weighted by molar-refractivity contribution is 4.80. The molecule has 0 unspecified atom stereocenters. The molecule has 1 fully saturated rings. The minimum absolute atomic E-state index is 0.435. The lowest BCUT2D eigenvalue weighted by molar-refractivity contribution is 0.108. The van der Waals surface area contributed by atoms with Crippen LogP contribution in [-0.2, 0) is 4.74 Å². The molecule has 0 aromatic carbocycles. The van der Waals surface area contributed by atoms with Crippen molar-refractivity contribution in [2.75, 3.05) is 6.61 Å². The molecule has 10 heavy (non-hydrogen) atoms. The summed E-state index contributed by atoms with van der Waals surface area (Å²) in [6.07, 6.45) is 1.73. The van der Waals surface area contributed by atoms with Crippen molar-refractivity contribution >= 4 is 0 Å². The summed E-state index contributed by atoms with van der Waals surface area (Å²) in [6.45, 7) is 9.99. The van der Waals surface area contributed by atoms with Crippen LogP contribution in [0.4, 0.5) is 0 Å². The number of rotatable bonds is 0. The molecule has 1 heteroatoms. The Morgan fingerprint density at radius 2 is 1.90 bits per heavy atom. The van der Waals surface area contributed by atoms with Crippen molar-refractivity contribution in [2.45, 2.75) is 40.2 Å². The van der Waals surface area contributed by atoms with Crippen LogP contribution in [0.25, 0.3) is 0 Å². The average molecular weight is 142 g/mol. The van der Waals surface area contributed by atoms with E-state index in [2.05, 4.69) is 27.7 Å². The second-order valence-corrected chi connectivity index (χ2v) is 4.44. The van der Waals surface area contributed by atoms with Gasteiger partial charge < -0.3 is 4.74 Å². The fourth-order valence-corrected chi connectivity index (χ4v) is 1.42. The third-order valence-electron chi connectivity index (χ3n) is 2.42. The van der Waals surface area contributed by atoms with Crippen molar-refractivity contribution in [2.24, 2.45) is 11.3 Å². The molecule has 0 bridgehead atoms. The summed E-state index contributed by atoms with van der Waals surface area (Å²) in [5.41, 5.74) is 0.435. The molecule has 0 aromatic rings. The van der Waals surface area contributed by atoms with Gasteiger partial charge in [0.15, 0.2) is 0 Å². The Morgan fingerprint density at radius 3 is 2.10 bits per heavy atom. The summed E-state index contributed by atoms with van der Waals surface area (Å²) in [6, 6.07) is 0. The third kappa shape index (κ3) is 1.72. The highest BCUT2D eigenvalue weighted by Crippen LogP contribution is 2.34. The summed E-state index contributed by atoms with van der Waals surface area (Å²) < 4.78 is 5.49. The zero-order valence-electron chi connectivity index (χ0n) is 7.48. The smallest absolute Gasteiger partial charge is 0.0550 e. The topological polar surface area (TPSA) is 9.23 Å². The van der Waals surface area contributed by atoms with E-state index in [1.54, 1.807) is 0 Å². The zero-order valence-corrected chi connectivity index (χ0v) is 7.48. The van der Waals surface area contributed by atoms with Crippen LogP contribution in [0, 0.1) is 11.3 Å². The largest absolute Gasteiger partial charge is 0.378 e. The minimum atomic E-state index is 0.435. The first-order valence-corrected chi connectivity index (χ1v) is 4.12. The molecule has 0 aromatic heterocycles. The zero-order chi connectivity index (χ0) is 7.78. The lowest BCUT2D eigenvalue weighted by Crippen LogP contribution is -2.20. The second-order valence-electron chi connectivity index (χ2n) is 4.44. The predicted octanol–water partition coefficient (Wildman–Crippen LogP) is 2.46. The van der Waals surface area contributed by atoms with Gasteiger partial charge in [0, 0.05) is 0 Å². The predicted molar refractivity (Wildman–Crippen MR) is 43.0 cm³/mol. The molecule has 1 aliphatic heterocycles. The fourth-order valence-electron chi connectivity index (χ4n) is 1.42. The van der Waals surface area contributed by atoms with Crippen LogP contribution in [0.2, 0.25) is 0 Å². The number of hydrogen-bond acceptors (Lipinski definition) is 1. The highest BCUT2D eigenvalue weighted by atomic mass is 16.5. The van der Waals surface area contributed by atoms with Gasteiger partial charge in [-0.3, -0.25) is 0 Å². The first-order chi connectivity index (χ1) is 4.50. The molecule has 1 aliphatic rings. The molecule has 0 N–H and O–H groups in total. The lowest BCUT2D eigenvalue weighted by Gasteiger charge is -2.25. The summed E-state index contributed by atoms with van der Waals surface area (Å²) in [4.78, 5) is 0. The van der Waals surface area contributed by atoms with Gasteiger partial charge in [0.25, 0.3) is 0 Å². The van der Waals surface area contributed by atoms with Crippen LogP contribution in [0.15, 0.2) is 0 Å². The van der Waals surface area contributed by atoms with E-state index in [0.717, 1.165) is 12.5 Å². The van der Waals surface area contributed by atoms with Gasteiger partial charge in [-0.15, -0.1) is 0 Å². The van der Waals surface area contributed by atoms with Crippen LogP contribution in [-0.4, -0.2) is 12.7 Å². The van der Waals surface area contributed by atoms with Crippen molar-refractivity contribution in [1.82, 2.24) is 0 Å². The molecule has 2 atom stereocenters. The summed E-state index contributed by atoms with van der Waals surface area (Å²) >= 11 is 0. The molecule has 0 spiro atoms. The van der Waals surface area contributed by atoms with Gasteiger partial charge in [-0.25, -0.2) is 0 Å². The monoisotopic (exact) mass is 142 g/mol. The Kier molecular flexibility index (Phi) is 2.04. The van der Waals surface area contributed by atoms with E-state index < -0.39 is 0 Å². The van der Waals surface area contributed by atoms with Crippen molar-refractivity contribution in [3.63, 3.8) is 0 Å². The summed E-state index contributed by atoms with van der Waals surface area (Å²) in [5, 5.41) is 0. The SMILES string of the molecule is C[C@H]1C[C@@H](C(C)(C)C)CO1. The molecular weight excluding hydrogens is 124 g/mol. The Balaban J connectivity index is 2.45. The Morgan fingerprint density at radius 1 is 1.30 bits per heavy atom. The van der Waals surface area contributed by atoms with E-state index in [-0.39, 0.29) is 0 Å². The summed E-state index contributed by atoms with van der Waals surface area (Å²) in [5.74, 6) is 0.766. The Hall–Kier alpha value is -0.0400. The quantitative estimate of drug-likeness (QED) is 0.505. The minimum Gasteiger partial charge on any atom is -0.378 e. The van der Waals surface area contributed by atoms with Crippen molar-refractivity contribution in [3.8, 4) is 0 Å². The molecule has 1 rings (SSSR count). The molecule has 1 nitrogen and oxygen atoms in total. The first-order valence-electron chi connectivity index (χ1n) is 4.12. The van der Waals surface area contributed by atoms with Crippen LogP contribution < -0.4 is 0 Å². The molecule has 0 amide bonds. The van der Waals surface area contributed by atoms with Gasteiger partial charge >= 0.3 is 0 Å². The van der Waals surface area contributed by atoms with E-state index in [0.29, 0.717) is 11.5 Å². The molecule has 0 aliphatic carbocycles. The van der Waals surface area contributed by atoms with Gasteiger partial charge in [-0.05, 0) is 24.7 Å². The molecule has 0 saturated carbocycles. The maximum Gasteiger partial charge on any atom is 0.0550 e. The van der Waals surface area contributed by atoms with Crippen molar-refractivity contribution in [3.05, 3.63) is 0 Å². The van der Waals surface area contributed by atoms with Gasteiger partial charge in [0.2, 0.25) is 0 Å². The van der Waals surface area contributed by atoms with E-state index in [9.17, 15) is 0 Å². The third-order valence-corrected chi connectivity index (χ3v) is 2.42. The molecule has 60 valence electrons. The normalized spacial score (nSPS) is 34.8. The second kappa shape index (κ2) is 2.54. The maximum absolute atomic E-state index is 5.49. The number of ether oxygens (including phenoxy) is 1. The average Bonchev–Trinajstić information content (AvgIpc) is 2.11. The number of hydrogen-bond donors (Lipinski definition) is 0. The van der Waals surface area contributed by atoms with Gasteiger partial charge in [-0.1, -0.05) is 20.8 Å². The van der Waals surface area contributed by atoms with Gasteiger partial charge in [-0.2, -0.15) is 0 Å². The van der Waals surface area contributed by atoms with Crippen molar-refractivity contribution < 1.29 is 4.74 Å². The molecular formula is C9H18O. The maximum atomic E-state index is 5.49. The molecule has 0 radical (unpaired) electrons. The highest BCUT2D eigenvalue weighted by Gasteiger charge is 2.31. The standard InChI is InChI=1S/C9H18O/c1-7-5-8(6-10-7)9(2,3)4/h7-8H,5-6H2,1-4H3/t7-,8+/m0/s1. The molecule has 1 saturated heterocycles.